The van der Waals surface area contributed by atoms with Crippen LogP contribution in [0.3, 0.4) is 0 Å². The van der Waals surface area contributed by atoms with E-state index in [0.29, 0.717) is 24.8 Å². The van der Waals surface area contributed by atoms with E-state index in [-0.39, 0.29) is 11.7 Å². The van der Waals surface area contributed by atoms with Crippen LogP contribution in [0.1, 0.15) is 33.1 Å². The lowest BCUT2D eigenvalue weighted by Crippen LogP contribution is -2.57. The Labute approximate surface area is 129 Å². The third-order valence-corrected chi connectivity index (χ3v) is 5.04. The van der Waals surface area contributed by atoms with Crippen molar-refractivity contribution in [1.82, 2.24) is 0 Å². The van der Waals surface area contributed by atoms with E-state index in [1.165, 1.54) is 0 Å². The molecule has 126 valence electrons. The van der Waals surface area contributed by atoms with E-state index in [2.05, 4.69) is 0 Å². The van der Waals surface area contributed by atoms with Crippen LogP contribution in [0.25, 0.3) is 0 Å². The SMILES string of the molecule is CC1OC(O[C@H]2C[C@@](C)(O)CC3=C(O)[C@@H](O)C32)CC(N)C1O. The lowest BCUT2D eigenvalue weighted by atomic mass is 9.64. The molecule has 1 saturated carbocycles. The zero-order valence-corrected chi connectivity index (χ0v) is 12.8. The number of fused-ring (bicyclic) bond motifs is 1. The summed E-state index contributed by atoms with van der Waals surface area (Å²) in [5.74, 6) is -0.370. The van der Waals surface area contributed by atoms with E-state index in [9.17, 15) is 20.4 Å². The molecule has 3 rings (SSSR count). The lowest BCUT2D eigenvalue weighted by molar-refractivity contribution is -0.259. The Morgan fingerprint density at radius 1 is 1.36 bits per heavy atom. The minimum atomic E-state index is -0.994. The van der Waals surface area contributed by atoms with Crippen molar-refractivity contribution in [3.63, 3.8) is 0 Å². The highest BCUT2D eigenvalue weighted by Gasteiger charge is 2.53. The molecule has 0 spiro atoms. The Kier molecular flexibility index (Phi) is 3.99. The van der Waals surface area contributed by atoms with Gasteiger partial charge in [0.15, 0.2) is 6.29 Å². The molecule has 6 N–H and O–H groups in total. The van der Waals surface area contributed by atoms with E-state index in [0.717, 1.165) is 0 Å². The number of hydrogen-bond acceptors (Lipinski definition) is 7. The molecular formula is C15H25NO6. The van der Waals surface area contributed by atoms with Crippen LogP contribution in [0.2, 0.25) is 0 Å². The quantitative estimate of drug-likeness (QED) is 0.467. The van der Waals surface area contributed by atoms with Crippen LogP contribution in [0.4, 0.5) is 0 Å². The van der Waals surface area contributed by atoms with Crippen LogP contribution in [-0.4, -0.2) is 62.8 Å². The first kappa shape index (κ1) is 16.2. The Morgan fingerprint density at radius 3 is 2.68 bits per heavy atom. The second kappa shape index (κ2) is 5.43. The van der Waals surface area contributed by atoms with Gasteiger partial charge in [0, 0.05) is 31.2 Å². The first-order valence-electron chi connectivity index (χ1n) is 7.76. The van der Waals surface area contributed by atoms with Gasteiger partial charge in [0.2, 0.25) is 0 Å². The molecule has 0 bridgehead atoms. The molecule has 2 aliphatic carbocycles. The molecule has 5 unspecified atom stereocenters. The Bertz CT molecular complexity index is 467. The van der Waals surface area contributed by atoms with Crippen molar-refractivity contribution in [3.05, 3.63) is 11.3 Å². The van der Waals surface area contributed by atoms with Gasteiger partial charge in [-0.05, 0) is 19.4 Å². The van der Waals surface area contributed by atoms with Crippen molar-refractivity contribution in [2.75, 3.05) is 0 Å². The van der Waals surface area contributed by atoms with Gasteiger partial charge in [-0.3, -0.25) is 0 Å². The zero-order chi connectivity index (χ0) is 16.2. The molecule has 3 aliphatic rings. The molecule has 7 nitrogen and oxygen atoms in total. The molecule has 1 saturated heterocycles. The Hall–Kier alpha value is -0.700. The fourth-order valence-corrected chi connectivity index (χ4v) is 3.80. The predicted molar refractivity (Wildman–Crippen MR) is 76.8 cm³/mol. The van der Waals surface area contributed by atoms with E-state index in [4.69, 9.17) is 15.2 Å². The van der Waals surface area contributed by atoms with Crippen LogP contribution in [0, 0.1) is 5.92 Å². The predicted octanol–water partition coefficient (Wildman–Crippen LogP) is -0.458. The van der Waals surface area contributed by atoms with Gasteiger partial charge >= 0.3 is 0 Å². The molecule has 8 atom stereocenters. The smallest absolute Gasteiger partial charge is 0.160 e. The van der Waals surface area contributed by atoms with Crippen LogP contribution in [-0.2, 0) is 9.47 Å². The van der Waals surface area contributed by atoms with Crippen molar-refractivity contribution in [1.29, 1.82) is 0 Å². The standard InChI is InChI=1S/C15H25NO6/c1-6-12(17)8(16)3-10(21-6)22-9-5-15(2,20)4-7-11(9)14(19)13(7)18/h6,8-12,14,17-20H,3-5,16H2,1-2H3/t6?,8?,9-,10?,11?,12?,14-,15-/m0/s1. The minimum absolute atomic E-state index is 0.0522. The summed E-state index contributed by atoms with van der Waals surface area (Å²) in [5.41, 5.74) is 5.55. The van der Waals surface area contributed by atoms with Gasteiger partial charge in [-0.15, -0.1) is 0 Å². The number of aliphatic hydroxyl groups is 4. The van der Waals surface area contributed by atoms with Crippen molar-refractivity contribution in [3.8, 4) is 0 Å². The average Bonchev–Trinajstić information content (AvgIpc) is 2.42. The molecule has 1 heterocycles. The van der Waals surface area contributed by atoms with Crippen LogP contribution >= 0.6 is 0 Å². The molecule has 0 radical (unpaired) electrons. The largest absolute Gasteiger partial charge is 0.510 e. The van der Waals surface area contributed by atoms with E-state index < -0.39 is 42.3 Å². The first-order chi connectivity index (χ1) is 10.2. The number of hydrogen-bond donors (Lipinski definition) is 5. The molecule has 0 aromatic rings. The summed E-state index contributed by atoms with van der Waals surface area (Å²) in [6.07, 6.45) is -2.14. The summed E-state index contributed by atoms with van der Waals surface area (Å²) >= 11 is 0. The van der Waals surface area contributed by atoms with Crippen molar-refractivity contribution in [2.45, 2.75) is 75.5 Å². The third kappa shape index (κ3) is 2.66. The van der Waals surface area contributed by atoms with Gasteiger partial charge < -0.3 is 35.6 Å². The first-order valence-corrected chi connectivity index (χ1v) is 7.76. The Balaban J connectivity index is 1.72. The summed E-state index contributed by atoms with van der Waals surface area (Å²) in [6.45, 7) is 3.41. The number of rotatable bonds is 2. The molecular weight excluding hydrogens is 290 g/mol. The van der Waals surface area contributed by atoms with E-state index in [1.807, 2.05) is 0 Å². The molecule has 22 heavy (non-hydrogen) atoms. The van der Waals surface area contributed by atoms with Gasteiger partial charge in [0.25, 0.3) is 0 Å². The minimum Gasteiger partial charge on any atom is -0.510 e. The van der Waals surface area contributed by atoms with Gasteiger partial charge in [0.1, 0.15) is 11.9 Å². The highest BCUT2D eigenvalue weighted by molar-refractivity contribution is 5.34. The summed E-state index contributed by atoms with van der Waals surface area (Å²) in [5, 5.41) is 39.9. The molecule has 1 aliphatic heterocycles. The summed E-state index contributed by atoms with van der Waals surface area (Å²) in [4.78, 5) is 0. The Morgan fingerprint density at radius 2 is 2.05 bits per heavy atom. The van der Waals surface area contributed by atoms with Crippen LogP contribution in [0.5, 0.6) is 0 Å². The maximum Gasteiger partial charge on any atom is 0.160 e. The van der Waals surface area contributed by atoms with Gasteiger partial charge in [-0.1, -0.05) is 0 Å². The second-order valence-corrected chi connectivity index (χ2v) is 7.09. The monoisotopic (exact) mass is 315 g/mol. The lowest BCUT2D eigenvalue weighted by Gasteiger charge is -2.50. The van der Waals surface area contributed by atoms with Crippen LogP contribution < -0.4 is 5.73 Å². The molecule has 7 heteroatoms. The third-order valence-electron chi connectivity index (χ3n) is 5.04. The normalized spacial score (nSPS) is 52.2. The topological polar surface area (TPSA) is 125 Å². The summed E-state index contributed by atoms with van der Waals surface area (Å²) in [7, 11) is 0. The maximum atomic E-state index is 10.3. The maximum absolute atomic E-state index is 10.3. The van der Waals surface area contributed by atoms with Crippen molar-refractivity contribution < 1.29 is 29.9 Å². The molecule has 2 fully saturated rings. The highest BCUT2D eigenvalue weighted by Crippen LogP contribution is 2.48. The fourth-order valence-electron chi connectivity index (χ4n) is 3.80. The van der Waals surface area contributed by atoms with Crippen molar-refractivity contribution >= 4 is 0 Å². The molecule has 0 amide bonds. The van der Waals surface area contributed by atoms with Crippen molar-refractivity contribution in [2.24, 2.45) is 11.7 Å². The number of aliphatic hydroxyl groups excluding tert-OH is 3. The number of ether oxygens (including phenoxy) is 2. The summed E-state index contributed by atoms with van der Waals surface area (Å²) in [6, 6.07) is -0.437. The van der Waals surface area contributed by atoms with Gasteiger partial charge in [-0.25, -0.2) is 0 Å². The van der Waals surface area contributed by atoms with Gasteiger partial charge in [-0.2, -0.15) is 0 Å². The van der Waals surface area contributed by atoms with E-state index >= 15 is 0 Å². The highest BCUT2D eigenvalue weighted by atomic mass is 16.7. The summed E-state index contributed by atoms with van der Waals surface area (Å²) < 4.78 is 11.5. The molecule has 0 aromatic heterocycles. The van der Waals surface area contributed by atoms with E-state index in [1.54, 1.807) is 13.8 Å². The fraction of sp³-hybridized carbons (Fsp3) is 0.867. The zero-order valence-electron chi connectivity index (χ0n) is 12.8. The number of nitrogens with two attached hydrogens (primary N) is 1. The second-order valence-electron chi connectivity index (χ2n) is 7.09. The molecule has 0 aromatic carbocycles. The average molecular weight is 315 g/mol. The van der Waals surface area contributed by atoms with Crippen LogP contribution in [0.15, 0.2) is 11.3 Å². The van der Waals surface area contributed by atoms with Gasteiger partial charge in [0.05, 0.1) is 23.9 Å².